The number of hydrogen-bond acceptors (Lipinski definition) is 2. The van der Waals surface area contributed by atoms with E-state index >= 15 is 0 Å². The Morgan fingerprint density at radius 2 is 2.08 bits per heavy atom. The van der Waals surface area contributed by atoms with Crippen LogP contribution in [0.1, 0.15) is 0 Å². The first kappa shape index (κ1) is 9.09. The molecule has 0 bridgehead atoms. The van der Waals surface area contributed by atoms with Crippen LogP contribution in [0.3, 0.4) is 0 Å². The van der Waals surface area contributed by atoms with Crippen molar-refractivity contribution >= 4 is 34.6 Å². The number of para-hydroxylation sites is 1. The first-order chi connectivity index (χ1) is 5.70. The third-order valence-electron chi connectivity index (χ3n) is 1.19. The lowest BCUT2D eigenvalue weighted by Crippen LogP contribution is -2.33. The van der Waals surface area contributed by atoms with Gasteiger partial charge in [0, 0.05) is 0 Å². The molecule has 1 rings (SSSR count). The molecule has 0 aliphatic carbocycles. The van der Waals surface area contributed by atoms with Crippen LogP contribution in [0.4, 0.5) is 5.69 Å². The Morgan fingerprint density at radius 3 is 2.67 bits per heavy atom. The summed E-state index contributed by atoms with van der Waals surface area (Å²) in [6.45, 7) is 0. The first-order valence-corrected chi connectivity index (χ1v) is 4.05. The van der Waals surface area contributed by atoms with E-state index in [-0.39, 0.29) is 5.11 Å². The van der Waals surface area contributed by atoms with Crippen molar-refractivity contribution in [1.29, 1.82) is 0 Å². The van der Waals surface area contributed by atoms with E-state index in [0.29, 0.717) is 5.02 Å². The Kier molecular flexibility index (Phi) is 3.13. The van der Waals surface area contributed by atoms with Gasteiger partial charge in [-0.2, -0.15) is 0 Å². The number of thiocarbonyl (C=S) groups is 1. The first-order valence-electron chi connectivity index (χ1n) is 3.26. The molecule has 0 aliphatic heterocycles. The van der Waals surface area contributed by atoms with Crippen molar-refractivity contribution in [2.24, 2.45) is 5.73 Å². The Morgan fingerprint density at radius 1 is 1.42 bits per heavy atom. The van der Waals surface area contributed by atoms with Gasteiger partial charge in [-0.05, 0) is 24.4 Å². The fourth-order valence-corrected chi connectivity index (χ4v) is 0.926. The van der Waals surface area contributed by atoms with Crippen molar-refractivity contribution in [1.82, 2.24) is 5.43 Å². The van der Waals surface area contributed by atoms with Gasteiger partial charge in [0.15, 0.2) is 5.11 Å². The Bertz CT molecular complexity index is 290. The van der Waals surface area contributed by atoms with Gasteiger partial charge in [-0.15, -0.1) is 0 Å². The largest absolute Gasteiger partial charge is 0.375 e. The maximum atomic E-state index is 5.82. The third kappa shape index (κ3) is 2.56. The number of rotatable bonds is 2. The second kappa shape index (κ2) is 4.13. The van der Waals surface area contributed by atoms with Crippen molar-refractivity contribution in [3.8, 4) is 0 Å². The van der Waals surface area contributed by atoms with Crippen LogP contribution in [0.5, 0.6) is 0 Å². The molecule has 0 saturated carbocycles. The predicted molar refractivity (Wildman–Crippen MR) is 55.0 cm³/mol. The SMILES string of the molecule is NC(=S)NNc1ccccc1Cl. The smallest absolute Gasteiger partial charge is 0.182 e. The minimum atomic E-state index is 0.176. The molecule has 64 valence electrons. The monoisotopic (exact) mass is 201 g/mol. The zero-order valence-corrected chi connectivity index (χ0v) is 7.75. The average molecular weight is 202 g/mol. The molecule has 12 heavy (non-hydrogen) atoms. The van der Waals surface area contributed by atoms with E-state index in [4.69, 9.17) is 17.3 Å². The van der Waals surface area contributed by atoms with Gasteiger partial charge in [-0.1, -0.05) is 23.7 Å². The van der Waals surface area contributed by atoms with E-state index in [1.165, 1.54) is 0 Å². The van der Waals surface area contributed by atoms with Crippen molar-refractivity contribution < 1.29 is 0 Å². The van der Waals surface area contributed by atoms with Gasteiger partial charge in [-0.25, -0.2) is 0 Å². The zero-order chi connectivity index (χ0) is 8.97. The van der Waals surface area contributed by atoms with Gasteiger partial charge < -0.3 is 5.73 Å². The summed E-state index contributed by atoms with van der Waals surface area (Å²) >= 11 is 10.4. The van der Waals surface area contributed by atoms with E-state index < -0.39 is 0 Å². The molecule has 0 amide bonds. The summed E-state index contributed by atoms with van der Waals surface area (Å²) in [5, 5.41) is 0.788. The summed E-state index contributed by atoms with van der Waals surface area (Å²) in [4.78, 5) is 0. The molecule has 1 aromatic rings. The van der Waals surface area contributed by atoms with E-state index in [1.54, 1.807) is 6.07 Å². The fourth-order valence-electron chi connectivity index (χ4n) is 0.692. The molecule has 0 aliphatic rings. The highest BCUT2D eigenvalue weighted by molar-refractivity contribution is 7.80. The number of benzene rings is 1. The number of hydrazine groups is 1. The summed E-state index contributed by atoms with van der Waals surface area (Å²) in [5.74, 6) is 0. The molecule has 4 N–H and O–H groups in total. The molecule has 0 spiro atoms. The van der Waals surface area contributed by atoms with Crippen molar-refractivity contribution in [3.63, 3.8) is 0 Å². The normalized spacial score (nSPS) is 9.08. The van der Waals surface area contributed by atoms with Crippen molar-refractivity contribution in [3.05, 3.63) is 29.3 Å². The Hall–Kier alpha value is -1.00. The highest BCUT2D eigenvalue weighted by atomic mass is 35.5. The van der Waals surface area contributed by atoms with Crippen LogP contribution in [-0.2, 0) is 0 Å². The van der Waals surface area contributed by atoms with E-state index in [9.17, 15) is 0 Å². The Labute approximate surface area is 80.9 Å². The molecule has 0 atom stereocenters. The molecule has 0 aromatic heterocycles. The third-order valence-corrected chi connectivity index (χ3v) is 1.63. The molecule has 0 saturated heterocycles. The molecule has 3 nitrogen and oxygen atoms in total. The van der Waals surface area contributed by atoms with Crippen molar-refractivity contribution in [2.45, 2.75) is 0 Å². The molecule has 0 radical (unpaired) electrons. The van der Waals surface area contributed by atoms with E-state index in [1.807, 2.05) is 18.2 Å². The van der Waals surface area contributed by atoms with Crippen LogP contribution in [0, 0.1) is 0 Å². The lowest BCUT2D eigenvalue weighted by Gasteiger charge is -2.08. The fraction of sp³-hybridized carbons (Fsp3) is 0. The van der Waals surface area contributed by atoms with Crippen molar-refractivity contribution in [2.75, 3.05) is 5.43 Å². The van der Waals surface area contributed by atoms with Gasteiger partial charge in [0.05, 0.1) is 10.7 Å². The summed E-state index contributed by atoms with van der Waals surface area (Å²) in [7, 11) is 0. The van der Waals surface area contributed by atoms with Crippen LogP contribution >= 0.6 is 23.8 Å². The molecule has 1 aromatic carbocycles. The molecule has 0 fully saturated rings. The quantitative estimate of drug-likeness (QED) is 0.502. The predicted octanol–water partition coefficient (Wildman–Crippen LogP) is 1.50. The van der Waals surface area contributed by atoms with Gasteiger partial charge in [0.25, 0.3) is 0 Å². The van der Waals surface area contributed by atoms with Crippen LogP contribution in [0.15, 0.2) is 24.3 Å². The minimum Gasteiger partial charge on any atom is -0.375 e. The second-order valence-corrected chi connectivity index (χ2v) is 2.94. The van der Waals surface area contributed by atoms with Gasteiger partial charge in [0.1, 0.15) is 0 Å². The number of anilines is 1. The molecular formula is C7H8ClN3S. The van der Waals surface area contributed by atoms with E-state index in [0.717, 1.165) is 5.69 Å². The summed E-state index contributed by atoms with van der Waals surface area (Å²) < 4.78 is 0. The summed E-state index contributed by atoms with van der Waals surface area (Å²) in [6, 6.07) is 7.28. The van der Waals surface area contributed by atoms with Crippen LogP contribution in [0.25, 0.3) is 0 Å². The molecular weight excluding hydrogens is 194 g/mol. The number of halogens is 1. The molecule has 5 heteroatoms. The van der Waals surface area contributed by atoms with Crippen LogP contribution in [0.2, 0.25) is 5.02 Å². The van der Waals surface area contributed by atoms with Gasteiger partial charge >= 0.3 is 0 Å². The maximum absolute atomic E-state index is 5.82. The lowest BCUT2D eigenvalue weighted by atomic mass is 10.3. The van der Waals surface area contributed by atoms with E-state index in [2.05, 4.69) is 23.1 Å². The van der Waals surface area contributed by atoms with Crippen LogP contribution < -0.4 is 16.6 Å². The minimum absolute atomic E-state index is 0.176. The molecule has 0 unspecified atom stereocenters. The number of nitrogens with one attached hydrogen (secondary N) is 2. The highest BCUT2D eigenvalue weighted by Gasteiger charge is 1.95. The lowest BCUT2D eigenvalue weighted by molar-refractivity contribution is 1.13. The standard InChI is InChI=1S/C7H8ClN3S/c8-5-3-1-2-4-6(5)10-11-7(9)12/h1-4,10H,(H3,9,11,12). The summed E-state index contributed by atoms with van der Waals surface area (Å²) in [6.07, 6.45) is 0. The summed E-state index contributed by atoms with van der Waals surface area (Å²) in [5.41, 5.74) is 11.3. The maximum Gasteiger partial charge on any atom is 0.182 e. The van der Waals surface area contributed by atoms with Crippen LogP contribution in [-0.4, -0.2) is 5.11 Å². The second-order valence-electron chi connectivity index (χ2n) is 2.09. The Balaban J connectivity index is 2.63. The molecule has 0 heterocycles. The number of nitrogens with two attached hydrogens (primary N) is 1. The number of hydrogen-bond donors (Lipinski definition) is 3. The topological polar surface area (TPSA) is 50.1 Å². The average Bonchev–Trinajstić information content (AvgIpc) is 2.03. The van der Waals surface area contributed by atoms with Gasteiger partial charge in [0.2, 0.25) is 0 Å². The zero-order valence-electron chi connectivity index (χ0n) is 6.17. The highest BCUT2D eigenvalue weighted by Crippen LogP contribution is 2.18. The van der Waals surface area contributed by atoms with Gasteiger partial charge in [-0.3, -0.25) is 10.9 Å².